The van der Waals surface area contributed by atoms with Crippen LogP contribution in [0.1, 0.15) is 49.4 Å². The molecule has 1 aliphatic carbocycles. The van der Waals surface area contributed by atoms with Crippen molar-refractivity contribution in [3.05, 3.63) is 22.8 Å². The van der Waals surface area contributed by atoms with Crippen LogP contribution in [0.2, 0.25) is 5.02 Å². The number of hydrogen-bond acceptors (Lipinski definition) is 3. The van der Waals surface area contributed by atoms with Gasteiger partial charge in [-0.15, -0.1) is 0 Å². The third-order valence-electron chi connectivity index (χ3n) is 3.98. The standard InChI is InChI=1S/C16H24ClN3O/c1-3-8-18-15-14(17)9-13(10-19-15)16(21)20(2)11-12-6-4-5-7-12/h9-10,12H,3-8,11H2,1-2H3,(H,18,19). The van der Waals surface area contributed by atoms with Gasteiger partial charge in [0.2, 0.25) is 0 Å². The Morgan fingerprint density at radius 3 is 2.81 bits per heavy atom. The van der Waals surface area contributed by atoms with Crippen LogP contribution in [-0.4, -0.2) is 35.9 Å². The first-order valence-electron chi connectivity index (χ1n) is 7.76. The number of aromatic nitrogens is 1. The van der Waals surface area contributed by atoms with Gasteiger partial charge in [-0.05, 0) is 31.2 Å². The van der Waals surface area contributed by atoms with E-state index >= 15 is 0 Å². The molecule has 0 radical (unpaired) electrons. The van der Waals surface area contributed by atoms with Crippen LogP contribution in [0.4, 0.5) is 5.82 Å². The van der Waals surface area contributed by atoms with Crippen molar-refractivity contribution >= 4 is 23.3 Å². The first-order valence-corrected chi connectivity index (χ1v) is 8.14. The maximum Gasteiger partial charge on any atom is 0.255 e. The lowest BCUT2D eigenvalue weighted by Crippen LogP contribution is -2.31. The molecule has 1 heterocycles. The fourth-order valence-electron chi connectivity index (χ4n) is 2.81. The monoisotopic (exact) mass is 309 g/mol. The maximum absolute atomic E-state index is 12.4. The summed E-state index contributed by atoms with van der Waals surface area (Å²) >= 11 is 6.19. The summed E-state index contributed by atoms with van der Waals surface area (Å²) in [5.41, 5.74) is 0.558. The number of carbonyl (C=O) groups is 1. The molecule has 5 heteroatoms. The molecule has 0 aliphatic heterocycles. The van der Waals surface area contributed by atoms with Gasteiger partial charge in [0.25, 0.3) is 5.91 Å². The summed E-state index contributed by atoms with van der Waals surface area (Å²) in [4.78, 5) is 18.5. The van der Waals surface area contributed by atoms with Crippen molar-refractivity contribution in [2.75, 3.05) is 25.5 Å². The quantitative estimate of drug-likeness (QED) is 0.869. The Kier molecular flexibility index (Phi) is 5.85. The minimum Gasteiger partial charge on any atom is -0.369 e. The number of nitrogens with zero attached hydrogens (tertiary/aromatic N) is 2. The predicted octanol–water partition coefficient (Wildman–Crippen LogP) is 3.82. The van der Waals surface area contributed by atoms with Crippen LogP contribution in [-0.2, 0) is 0 Å². The molecule has 21 heavy (non-hydrogen) atoms. The minimum atomic E-state index is -0.00154. The lowest BCUT2D eigenvalue weighted by atomic mass is 10.1. The van der Waals surface area contributed by atoms with Gasteiger partial charge in [0.1, 0.15) is 5.82 Å². The molecular formula is C16H24ClN3O. The van der Waals surface area contributed by atoms with Gasteiger partial charge in [-0.2, -0.15) is 0 Å². The van der Waals surface area contributed by atoms with E-state index in [9.17, 15) is 4.79 Å². The van der Waals surface area contributed by atoms with E-state index in [1.807, 2.05) is 7.05 Å². The molecule has 0 atom stereocenters. The third-order valence-corrected chi connectivity index (χ3v) is 4.27. The number of amides is 1. The van der Waals surface area contributed by atoms with Crippen molar-refractivity contribution in [2.45, 2.75) is 39.0 Å². The fraction of sp³-hybridized carbons (Fsp3) is 0.625. The topological polar surface area (TPSA) is 45.2 Å². The van der Waals surface area contributed by atoms with E-state index in [-0.39, 0.29) is 5.91 Å². The Bertz CT molecular complexity index is 486. The average molecular weight is 310 g/mol. The van der Waals surface area contributed by atoms with Gasteiger partial charge in [-0.3, -0.25) is 4.79 Å². The smallest absolute Gasteiger partial charge is 0.255 e. The molecule has 2 rings (SSSR count). The van der Waals surface area contributed by atoms with E-state index in [4.69, 9.17) is 11.6 Å². The molecular weight excluding hydrogens is 286 g/mol. The largest absolute Gasteiger partial charge is 0.369 e. The molecule has 1 aromatic heterocycles. The van der Waals surface area contributed by atoms with Crippen molar-refractivity contribution in [3.8, 4) is 0 Å². The molecule has 1 amide bonds. The van der Waals surface area contributed by atoms with Gasteiger partial charge < -0.3 is 10.2 Å². The van der Waals surface area contributed by atoms with E-state index in [0.29, 0.717) is 22.3 Å². The van der Waals surface area contributed by atoms with E-state index in [1.54, 1.807) is 17.2 Å². The van der Waals surface area contributed by atoms with Crippen LogP contribution in [0, 0.1) is 5.92 Å². The van der Waals surface area contributed by atoms with Gasteiger partial charge in [0, 0.05) is 26.3 Å². The Labute approximate surface area is 131 Å². The number of rotatable bonds is 6. The number of nitrogens with one attached hydrogen (secondary N) is 1. The normalized spacial score (nSPS) is 15.2. The molecule has 4 nitrogen and oxygen atoms in total. The van der Waals surface area contributed by atoms with Gasteiger partial charge in [0.15, 0.2) is 0 Å². The summed E-state index contributed by atoms with van der Waals surface area (Å²) in [6, 6.07) is 1.71. The summed E-state index contributed by atoms with van der Waals surface area (Å²) in [6.07, 6.45) is 7.66. The van der Waals surface area contributed by atoms with Crippen LogP contribution >= 0.6 is 11.6 Å². The molecule has 116 valence electrons. The zero-order chi connectivity index (χ0) is 15.2. The number of anilines is 1. The summed E-state index contributed by atoms with van der Waals surface area (Å²) in [6.45, 7) is 3.73. The number of carbonyl (C=O) groups excluding carboxylic acids is 1. The Balaban J connectivity index is 1.99. The molecule has 1 aromatic rings. The third kappa shape index (κ3) is 4.34. The summed E-state index contributed by atoms with van der Waals surface area (Å²) in [7, 11) is 1.86. The summed E-state index contributed by atoms with van der Waals surface area (Å²) < 4.78 is 0. The first kappa shape index (κ1) is 16.1. The van der Waals surface area contributed by atoms with E-state index in [2.05, 4.69) is 17.2 Å². The van der Waals surface area contributed by atoms with Crippen molar-refractivity contribution in [1.29, 1.82) is 0 Å². The molecule has 0 unspecified atom stereocenters. The molecule has 0 aromatic carbocycles. The fourth-order valence-corrected chi connectivity index (χ4v) is 3.05. The number of halogens is 1. The SMILES string of the molecule is CCCNc1ncc(C(=O)N(C)CC2CCCC2)cc1Cl. The molecule has 1 fully saturated rings. The summed E-state index contributed by atoms with van der Waals surface area (Å²) in [5, 5.41) is 3.65. The highest BCUT2D eigenvalue weighted by Crippen LogP contribution is 2.26. The first-order chi connectivity index (χ1) is 10.1. The van der Waals surface area contributed by atoms with Crippen molar-refractivity contribution in [2.24, 2.45) is 5.92 Å². The number of hydrogen-bond donors (Lipinski definition) is 1. The second-order valence-electron chi connectivity index (χ2n) is 5.82. The Morgan fingerprint density at radius 1 is 1.48 bits per heavy atom. The van der Waals surface area contributed by atoms with E-state index < -0.39 is 0 Å². The van der Waals surface area contributed by atoms with Crippen LogP contribution < -0.4 is 5.32 Å². The zero-order valence-electron chi connectivity index (χ0n) is 12.9. The van der Waals surface area contributed by atoms with Crippen LogP contribution in [0.25, 0.3) is 0 Å². The Morgan fingerprint density at radius 2 is 2.19 bits per heavy atom. The highest BCUT2D eigenvalue weighted by Gasteiger charge is 2.21. The van der Waals surface area contributed by atoms with Crippen molar-refractivity contribution in [3.63, 3.8) is 0 Å². The van der Waals surface area contributed by atoms with Crippen molar-refractivity contribution in [1.82, 2.24) is 9.88 Å². The van der Waals surface area contributed by atoms with Crippen LogP contribution in [0.3, 0.4) is 0 Å². The molecule has 1 N–H and O–H groups in total. The van der Waals surface area contributed by atoms with Crippen LogP contribution in [0.5, 0.6) is 0 Å². The lowest BCUT2D eigenvalue weighted by Gasteiger charge is -2.21. The highest BCUT2D eigenvalue weighted by atomic mass is 35.5. The lowest BCUT2D eigenvalue weighted by molar-refractivity contribution is 0.0773. The average Bonchev–Trinajstić information content (AvgIpc) is 2.98. The van der Waals surface area contributed by atoms with E-state index in [0.717, 1.165) is 19.5 Å². The molecule has 0 saturated heterocycles. The molecule has 0 spiro atoms. The Hall–Kier alpha value is -1.29. The molecule has 1 saturated carbocycles. The molecule has 0 bridgehead atoms. The minimum absolute atomic E-state index is 0.00154. The second kappa shape index (κ2) is 7.64. The molecule has 1 aliphatic rings. The van der Waals surface area contributed by atoms with Crippen molar-refractivity contribution < 1.29 is 4.79 Å². The van der Waals surface area contributed by atoms with E-state index in [1.165, 1.54) is 25.7 Å². The number of pyridine rings is 1. The maximum atomic E-state index is 12.4. The zero-order valence-corrected chi connectivity index (χ0v) is 13.6. The van der Waals surface area contributed by atoms with Crippen LogP contribution in [0.15, 0.2) is 12.3 Å². The second-order valence-corrected chi connectivity index (χ2v) is 6.22. The van der Waals surface area contributed by atoms with Gasteiger partial charge in [0.05, 0.1) is 10.6 Å². The highest BCUT2D eigenvalue weighted by molar-refractivity contribution is 6.33. The van der Waals surface area contributed by atoms with Gasteiger partial charge >= 0.3 is 0 Å². The predicted molar refractivity (Wildman–Crippen MR) is 86.9 cm³/mol. The van der Waals surface area contributed by atoms with Gasteiger partial charge in [-0.1, -0.05) is 31.4 Å². The summed E-state index contributed by atoms with van der Waals surface area (Å²) in [5.74, 6) is 1.29. The van der Waals surface area contributed by atoms with Gasteiger partial charge in [-0.25, -0.2) is 4.98 Å².